The molecule has 0 spiro atoms. The smallest absolute Gasteiger partial charge is 0.245 e. The topological polar surface area (TPSA) is 49.4 Å². The van der Waals surface area contributed by atoms with E-state index in [2.05, 4.69) is 5.32 Å². The predicted molar refractivity (Wildman–Crippen MR) is 56.1 cm³/mol. The summed E-state index contributed by atoms with van der Waals surface area (Å²) < 4.78 is 0. The Hall–Kier alpha value is -1.06. The zero-order chi connectivity index (χ0) is 10.8. The number of carbonyl (C=O) groups is 2. The van der Waals surface area contributed by atoms with E-state index in [1.54, 1.807) is 7.05 Å². The Bertz CT molecular complexity index is 272. The molecule has 0 aromatic rings. The van der Waals surface area contributed by atoms with Gasteiger partial charge in [0.2, 0.25) is 11.8 Å². The lowest BCUT2D eigenvalue weighted by Crippen LogP contribution is -2.59. The van der Waals surface area contributed by atoms with Crippen molar-refractivity contribution in [1.82, 2.24) is 10.2 Å². The van der Waals surface area contributed by atoms with Gasteiger partial charge in [0.15, 0.2) is 0 Å². The van der Waals surface area contributed by atoms with Crippen molar-refractivity contribution in [3.8, 4) is 0 Å². The summed E-state index contributed by atoms with van der Waals surface area (Å²) in [5.41, 5.74) is 0. The minimum Gasteiger partial charge on any atom is -0.342 e. The molecule has 15 heavy (non-hydrogen) atoms. The van der Waals surface area contributed by atoms with Crippen molar-refractivity contribution in [2.45, 2.75) is 38.1 Å². The maximum atomic E-state index is 11.9. The molecule has 1 atom stereocenters. The summed E-state index contributed by atoms with van der Waals surface area (Å²) in [4.78, 5) is 24.8. The van der Waals surface area contributed by atoms with E-state index in [0.717, 1.165) is 12.8 Å². The van der Waals surface area contributed by atoms with E-state index < -0.39 is 0 Å². The van der Waals surface area contributed by atoms with E-state index in [1.807, 2.05) is 0 Å². The summed E-state index contributed by atoms with van der Waals surface area (Å²) in [5.74, 6) is 0.423. The van der Waals surface area contributed by atoms with Crippen molar-refractivity contribution in [2.24, 2.45) is 5.92 Å². The van der Waals surface area contributed by atoms with Gasteiger partial charge in [-0.1, -0.05) is 19.3 Å². The zero-order valence-corrected chi connectivity index (χ0v) is 9.16. The van der Waals surface area contributed by atoms with Crippen molar-refractivity contribution in [2.75, 3.05) is 13.6 Å². The van der Waals surface area contributed by atoms with Crippen molar-refractivity contribution < 1.29 is 9.59 Å². The number of nitrogens with zero attached hydrogens (tertiary/aromatic N) is 1. The number of likely N-dealkylation sites (N-methyl/N-ethyl adjacent to an activating group) is 1. The van der Waals surface area contributed by atoms with E-state index in [9.17, 15) is 9.59 Å². The second-order valence-electron chi connectivity index (χ2n) is 4.64. The SMILES string of the molecule is CN1CC(=O)NC(C2CCCCC2)C1=O. The molecule has 1 unspecified atom stereocenters. The van der Waals surface area contributed by atoms with Crippen molar-refractivity contribution in [3.63, 3.8) is 0 Å². The molecule has 0 radical (unpaired) electrons. The van der Waals surface area contributed by atoms with Crippen molar-refractivity contribution >= 4 is 11.8 Å². The fourth-order valence-corrected chi connectivity index (χ4v) is 2.60. The van der Waals surface area contributed by atoms with Crippen LogP contribution in [0.1, 0.15) is 32.1 Å². The summed E-state index contributed by atoms with van der Waals surface area (Å²) >= 11 is 0. The van der Waals surface area contributed by atoms with Crippen LogP contribution < -0.4 is 5.32 Å². The van der Waals surface area contributed by atoms with Crippen LogP contribution >= 0.6 is 0 Å². The highest BCUT2D eigenvalue weighted by molar-refractivity contribution is 5.94. The predicted octanol–water partition coefficient (Wildman–Crippen LogP) is 0.523. The minimum absolute atomic E-state index is 0.0207. The van der Waals surface area contributed by atoms with Gasteiger partial charge in [0.05, 0.1) is 6.54 Å². The molecule has 1 aliphatic carbocycles. The minimum atomic E-state index is -0.253. The van der Waals surface area contributed by atoms with Crippen LogP contribution in [0.5, 0.6) is 0 Å². The van der Waals surface area contributed by atoms with E-state index in [0.29, 0.717) is 5.92 Å². The van der Waals surface area contributed by atoms with Crippen LogP contribution in [0.25, 0.3) is 0 Å². The van der Waals surface area contributed by atoms with E-state index >= 15 is 0 Å². The Labute approximate surface area is 90.0 Å². The maximum Gasteiger partial charge on any atom is 0.245 e. The van der Waals surface area contributed by atoms with Crippen LogP contribution in [0, 0.1) is 5.92 Å². The maximum absolute atomic E-state index is 11.9. The number of hydrogen-bond donors (Lipinski definition) is 1. The summed E-state index contributed by atoms with van der Waals surface area (Å²) in [6, 6.07) is -0.253. The normalized spacial score (nSPS) is 29.1. The average Bonchev–Trinajstić information content (AvgIpc) is 2.24. The first kappa shape index (κ1) is 10.5. The third-order valence-electron chi connectivity index (χ3n) is 3.46. The molecule has 2 rings (SSSR count). The van der Waals surface area contributed by atoms with Gasteiger partial charge in [0.1, 0.15) is 6.04 Å². The van der Waals surface area contributed by atoms with Crippen LogP contribution in [-0.2, 0) is 9.59 Å². The van der Waals surface area contributed by atoms with Crippen LogP contribution in [0.3, 0.4) is 0 Å². The summed E-state index contributed by atoms with van der Waals surface area (Å²) in [6.07, 6.45) is 5.79. The number of piperazine rings is 1. The quantitative estimate of drug-likeness (QED) is 0.686. The average molecular weight is 210 g/mol. The van der Waals surface area contributed by atoms with Crippen LogP contribution in [0.2, 0.25) is 0 Å². The Morgan fingerprint density at radius 3 is 2.53 bits per heavy atom. The first-order valence-corrected chi connectivity index (χ1v) is 5.73. The van der Waals surface area contributed by atoms with Gasteiger partial charge in [-0.2, -0.15) is 0 Å². The van der Waals surface area contributed by atoms with Gasteiger partial charge in [-0.25, -0.2) is 0 Å². The Balaban J connectivity index is 2.05. The van der Waals surface area contributed by atoms with Gasteiger partial charge in [-0.15, -0.1) is 0 Å². The first-order valence-electron chi connectivity index (χ1n) is 5.73. The van der Waals surface area contributed by atoms with Crippen molar-refractivity contribution in [3.05, 3.63) is 0 Å². The molecule has 1 aliphatic heterocycles. The molecule has 0 aromatic carbocycles. The van der Waals surface area contributed by atoms with Gasteiger partial charge in [0.25, 0.3) is 0 Å². The highest BCUT2D eigenvalue weighted by Gasteiger charge is 2.36. The molecule has 0 aromatic heterocycles. The summed E-state index contributed by atoms with van der Waals surface area (Å²) in [6.45, 7) is 0.210. The molecule has 1 heterocycles. The van der Waals surface area contributed by atoms with E-state index in [4.69, 9.17) is 0 Å². The Kier molecular flexibility index (Phi) is 2.93. The third kappa shape index (κ3) is 2.13. The molecule has 1 N–H and O–H groups in total. The Morgan fingerprint density at radius 2 is 1.87 bits per heavy atom. The monoisotopic (exact) mass is 210 g/mol. The van der Waals surface area contributed by atoms with Gasteiger partial charge in [-0.05, 0) is 18.8 Å². The second-order valence-corrected chi connectivity index (χ2v) is 4.64. The zero-order valence-electron chi connectivity index (χ0n) is 9.16. The van der Waals surface area contributed by atoms with Crippen molar-refractivity contribution in [1.29, 1.82) is 0 Å². The van der Waals surface area contributed by atoms with Gasteiger partial charge < -0.3 is 10.2 Å². The number of amides is 2. The molecule has 1 saturated heterocycles. The molecule has 2 fully saturated rings. The molecule has 2 amide bonds. The fraction of sp³-hybridized carbons (Fsp3) is 0.818. The number of hydrogen-bond acceptors (Lipinski definition) is 2. The van der Waals surface area contributed by atoms with Crippen LogP contribution in [0.15, 0.2) is 0 Å². The standard InChI is InChI=1S/C11H18N2O2/c1-13-7-9(14)12-10(11(13)15)8-5-3-2-4-6-8/h8,10H,2-7H2,1H3,(H,12,14). The Morgan fingerprint density at radius 1 is 1.20 bits per heavy atom. The second kappa shape index (κ2) is 4.21. The molecule has 2 aliphatic rings. The van der Waals surface area contributed by atoms with Crippen LogP contribution in [-0.4, -0.2) is 36.3 Å². The molecule has 4 heteroatoms. The van der Waals surface area contributed by atoms with Gasteiger partial charge in [0, 0.05) is 7.05 Å². The molecular formula is C11H18N2O2. The van der Waals surface area contributed by atoms with E-state index in [-0.39, 0.29) is 24.4 Å². The molecule has 84 valence electrons. The highest BCUT2D eigenvalue weighted by atomic mass is 16.2. The molecule has 1 saturated carbocycles. The van der Waals surface area contributed by atoms with E-state index in [1.165, 1.54) is 24.2 Å². The largest absolute Gasteiger partial charge is 0.342 e. The van der Waals surface area contributed by atoms with Gasteiger partial charge in [-0.3, -0.25) is 9.59 Å². The number of rotatable bonds is 1. The first-order chi connectivity index (χ1) is 7.18. The van der Waals surface area contributed by atoms with Crippen LogP contribution in [0.4, 0.5) is 0 Å². The van der Waals surface area contributed by atoms with Gasteiger partial charge >= 0.3 is 0 Å². The lowest BCUT2D eigenvalue weighted by Gasteiger charge is -2.36. The summed E-state index contributed by atoms with van der Waals surface area (Å²) in [7, 11) is 1.71. The third-order valence-corrected chi connectivity index (χ3v) is 3.46. The molecule has 0 bridgehead atoms. The molecular weight excluding hydrogens is 192 g/mol. The fourth-order valence-electron chi connectivity index (χ4n) is 2.60. The number of nitrogens with one attached hydrogen (secondary N) is 1. The molecule has 4 nitrogen and oxygen atoms in total. The number of carbonyl (C=O) groups excluding carboxylic acids is 2. The lowest BCUT2D eigenvalue weighted by molar-refractivity contribution is -0.144. The summed E-state index contributed by atoms with van der Waals surface area (Å²) in [5, 5.41) is 2.84. The lowest BCUT2D eigenvalue weighted by atomic mass is 9.83. The highest BCUT2D eigenvalue weighted by Crippen LogP contribution is 2.27.